The van der Waals surface area contributed by atoms with Crippen LogP contribution in [0.3, 0.4) is 0 Å². The van der Waals surface area contributed by atoms with Crippen molar-refractivity contribution < 1.29 is 19.1 Å². The van der Waals surface area contributed by atoms with Gasteiger partial charge in [-0.05, 0) is 77.4 Å². The van der Waals surface area contributed by atoms with Crippen molar-refractivity contribution in [1.82, 2.24) is 10.2 Å². The molecule has 1 saturated carbocycles. The number of allylic oxidation sites excluding steroid dienone is 6. The molecule has 0 aromatic heterocycles. The van der Waals surface area contributed by atoms with Crippen molar-refractivity contribution in [2.24, 2.45) is 17.8 Å². The second-order valence-electron chi connectivity index (χ2n) is 10.6. The summed E-state index contributed by atoms with van der Waals surface area (Å²) in [5, 5.41) is 3.09. The van der Waals surface area contributed by atoms with Gasteiger partial charge in [0.2, 0.25) is 11.8 Å². The molecular formula is C30H47BrN2O4. The predicted octanol–water partition coefficient (Wildman–Crippen LogP) is 6.48. The Kier molecular flexibility index (Phi) is 14.2. The molecule has 3 fully saturated rings. The number of amides is 2. The smallest absolute Gasteiger partial charge is 0.302 e. The highest BCUT2D eigenvalue weighted by atomic mass is 79.9. The summed E-state index contributed by atoms with van der Waals surface area (Å²) in [4.78, 5) is 37.5. The summed E-state index contributed by atoms with van der Waals surface area (Å²) in [7, 11) is 0. The van der Waals surface area contributed by atoms with Gasteiger partial charge >= 0.3 is 5.97 Å². The maximum atomic E-state index is 12.6. The van der Waals surface area contributed by atoms with Gasteiger partial charge in [-0.15, -0.1) is 0 Å². The van der Waals surface area contributed by atoms with Gasteiger partial charge < -0.3 is 15.0 Å². The molecule has 2 saturated heterocycles. The minimum Gasteiger partial charge on any atom is -0.466 e. The monoisotopic (exact) mass is 578 g/mol. The molecule has 37 heavy (non-hydrogen) atoms. The van der Waals surface area contributed by atoms with Crippen LogP contribution in [0.25, 0.3) is 0 Å². The van der Waals surface area contributed by atoms with Crippen LogP contribution in [0.15, 0.2) is 46.5 Å². The normalized spacial score (nSPS) is 21.5. The quantitative estimate of drug-likeness (QED) is 0.132. The molecule has 2 bridgehead atoms. The second kappa shape index (κ2) is 16.0. The van der Waals surface area contributed by atoms with Crippen molar-refractivity contribution >= 4 is 33.7 Å². The number of nitrogens with zero attached hydrogens (tertiary/aromatic N) is 1. The Morgan fingerprint density at radius 1 is 1.16 bits per heavy atom. The van der Waals surface area contributed by atoms with Crippen molar-refractivity contribution in [3.05, 3.63) is 46.5 Å². The van der Waals surface area contributed by atoms with Crippen LogP contribution >= 0.6 is 15.9 Å². The summed E-state index contributed by atoms with van der Waals surface area (Å²) in [5.74, 6) is 0.343. The Morgan fingerprint density at radius 3 is 2.30 bits per heavy atom. The lowest BCUT2D eigenvalue weighted by Crippen LogP contribution is -2.62. The number of fused-ring (bicyclic) bond motifs is 2. The van der Waals surface area contributed by atoms with E-state index in [9.17, 15) is 14.4 Å². The van der Waals surface area contributed by atoms with E-state index in [0.29, 0.717) is 25.9 Å². The zero-order valence-corrected chi connectivity index (χ0v) is 25.4. The zero-order chi connectivity index (χ0) is 28.2. The Morgan fingerprint density at radius 2 is 1.78 bits per heavy atom. The average molecular weight is 580 g/mol. The molecule has 0 aromatic carbocycles. The minimum absolute atomic E-state index is 0.00345. The van der Waals surface area contributed by atoms with Crippen molar-refractivity contribution in [3.8, 4) is 0 Å². The third-order valence-electron chi connectivity index (χ3n) is 7.17. The third-order valence-corrected chi connectivity index (χ3v) is 8.06. The van der Waals surface area contributed by atoms with E-state index in [4.69, 9.17) is 4.74 Å². The van der Waals surface area contributed by atoms with E-state index in [2.05, 4.69) is 66.0 Å². The first-order chi connectivity index (χ1) is 17.3. The maximum Gasteiger partial charge on any atom is 0.302 e. The van der Waals surface area contributed by atoms with Crippen LogP contribution in [0.5, 0.6) is 0 Å². The number of esters is 1. The first-order valence-corrected chi connectivity index (χ1v) is 14.2. The third kappa shape index (κ3) is 11.0. The number of rotatable bonds is 11. The standard InChI is InChI=1S/C19H30N2O4.C11H17Br/c1-12(2)19(4,5)20-18(24)17-14-9-15(17)11-21(10-14)16(23)7-6-8-25-13(3)22;1-4-6-7-8-9-11(12)10(3)5-2/h14-15,17H,1,6-11H2,2-5H3,(H,20,24);5,7-9H,4,6H2,1-3H3/b;8-7-,10-5+,11-9+. The van der Waals surface area contributed by atoms with Crippen molar-refractivity contribution in [3.63, 3.8) is 0 Å². The van der Waals surface area contributed by atoms with Gasteiger partial charge in [-0.3, -0.25) is 14.4 Å². The van der Waals surface area contributed by atoms with Crippen LogP contribution in [0.4, 0.5) is 0 Å². The summed E-state index contributed by atoms with van der Waals surface area (Å²) in [6.45, 7) is 19.0. The zero-order valence-electron chi connectivity index (χ0n) is 23.9. The molecule has 2 atom stereocenters. The lowest BCUT2D eigenvalue weighted by atomic mass is 9.61. The Balaban J connectivity index is 0.000000482. The number of piperidine rings is 2. The first-order valence-electron chi connectivity index (χ1n) is 13.4. The van der Waals surface area contributed by atoms with Crippen molar-refractivity contribution in [2.45, 2.75) is 86.1 Å². The number of nitrogens with one attached hydrogen (secondary N) is 1. The lowest BCUT2D eigenvalue weighted by Gasteiger charge is -2.53. The van der Waals surface area contributed by atoms with E-state index in [0.717, 1.165) is 22.9 Å². The maximum absolute atomic E-state index is 12.6. The predicted molar refractivity (Wildman–Crippen MR) is 155 cm³/mol. The fourth-order valence-corrected chi connectivity index (χ4v) is 4.68. The molecule has 3 rings (SSSR count). The molecule has 7 heteroatoms. The summed E-state index contributed by atoms with van der Waals surface area (Å²) in [6, 6.07) is 0. The summed E-state index contributed by atoms with van der Waals surface area (Å²) >= 11 is 3.50. The average Bonchev–Trinajstić information content (AvgIpc) is 2.83. The molecule has 2 heterocycles. The molecule has 208 valence electrons. The van der Waals surface area contributed by atoms with Crippen LogP contribution < -0.4 is 5.32 Å². The lowest BCUT2D eigenvalue weighted by molar-refractivity contribution is -0.153. The number of halogens is 1. The van der Waals surface area contributed by atoms with Crippen LogP contribution in [-0.2, 0) is 19.1 Å². The first kappa shape index (κ1) is 32.9. The molecular weight excluding hydrogens is 532 g/mol. The largest absolute Gasteiger partial charge is 0.466 e. The van der Waals surface area contributed by atoms with Gasteiger partial charge in [0.05, 0.1) is 12.1 Å². The van der Waals surface area contributed by atoms with E-state index in [1.807, 2.05) is 32.6 Å². The van der Waals surface area contributed by atoms with Gasteiger partial charge in [-0.2, -0.15) is 0 Å². The SMILES string of the molecule is C/C=C(C)/C(Br)=C\C=C/CCC.C=C(C)C(C)(C)NC(=O)C1C2CC1CN(C(=O)CCCOC(C)=O)C2. The van der Waals surface area contributed by atoms with Crippen molar-refractivity contribution in [1.29, 1.82) is 0 Å². The number of carbonyl (C=O) groups is 3. The van der Waals surface area contributed by atoms with Gasteiger partial charge in [0.1, 0.15) is 0 Å². The fraction of sp³-hybridized carbons (Fsp3) is 0.633. The minimum atomic E-state index is -0.410. The van der Waals surface area contributed by atoms with Gasteiger partial charge in [-0.1, -0.05) is 59.7 Å². The van der Waals surface area contributed by atoms with Crippen LogP contribution in [0.1, 0.15) is 80.6 Å². The van der Waals surface area contributed by atoms with Crippen LogP contribution in [-0.4, -0.2) is 47.9 Å². The Hall–Kier alpha value is -2.15. The number of carbonyl (C=O) groups excluding carboxylic acids is 3. The van der Waals surface area contributed by atoms with Gasteiger partial charge in [0.15, 0.2) is 0 Å². The molecule has 6 nitrogen and oxygen atoms in total. The van der Waals surface area contributed by atoms with Gasteiger partial charge in [0.25, 0.3) is 0 Å². The molecule has 0 aromatic rings. The molecule has 0 spiro atoms. The molecule has 1 N–H and O–H groups in total. The molecule has 1 aliphatic carbocycles. The van der Waals surface area contributed by atoms with Gasteiger partial charge in [0, 0.05) is 36.8 Å². The van der Waals surface area contributed by atoms with Crippen LogP contribution in [0.2, 0.25) is 0 Å². The Labute approximate surface area is 232 Å². The summed E-state index contributed by atoms with van der Waals surface area (Å²) in [6.07, 6.45) is 12.8. The second-order valence-corrected chi connectivity index (χ2v) is 11.5. The molecule has 2 amide bonds. The van der Waals surface area contributed by atoms with Gasteiger partial charge in [-0.25, -0.2) is 0 Å². The molecule has 2 aliphatic heterocycles. The molecule has 0 radical (unpaired) electrons. The van der Waals surface area contributed by atoms with E-state index >= 15 is 0 Å². The van der Waals surface area contributed by atoms with Crippen LogP contribution in [0, 0.1) is 17.8 Å². The molecule has 3 aliphatic rings. The van der Waals surface area contributed by atoms with E-state index in [-0.39, 0.29) is 42.1 Å². The highest BCUT2D eigenvalue weighted by molar-refractivity contribution is 9.12. The summed E-state index contributed by atoms with van der Waals surface area (Å²) < 4.78 is 6.02. The summed E-state index contributed by atoms with van der Waals surface area (Å²) in [5.41, 5.74) is 1.79. The highest BCUT2D eigenvalue weighted by Crippen LogP contribution is 2.46. The highest BCUT2D eigenvalue weighted by Gasteiger charge is 2.51. The number of hydrogen-bond acceptors (Lipinski definition) is 4. The van der Waals surface area contributed by atoms with E-state index in [1.54, 1.807) is 0 Å². The van der Waals surface area contributed by atoms with E-state index < -0.39 is 5.54 Å². The topological polar surface area (TPSA) is 75.7 Å². The number of hydrogen-bond donors (Lipinski definition) is 1. The number of unbranched alkanes of at least 4 members (excludes halogenated alkanes) is 1. The van der Waals surface area contributed by atoms with E-state index in [1.165, 1.54) is 18.9 Å². The number of ether oxygens (including phenoxy) is 1. The molecule has 2 unspecified atom stereocenters. The fourth-order valence-electron chi connectivity index (χ4n) is 4.30. The van der Waals surface area contributed by atoms with Crippen molar-refractivity contribution in [2.75, 3.05) is 19.7 Å². The Bertz CT molecular complexity index is 891.